The third-order valence-corrected chi connectivity index (χ3v) is 6.90. The molecule has 2 aliphatic carbocycles. The molecule has 9 heteroatoms. The number of rotatable bonds is 4. The number of carbonyl (C=O) groups excluding carboxylic acids is 1. The first kappa shape index (κ1) is 20.2. The molecule has 142 valence electrons. The predicted molar refractivity (Wildman–Crippen MR) is 96.1 cm³/mol. The van der Waals surface area contributed by atoms with Crippen molar-refractivity contribution in [2.24, 2.45) is 17.6 Å². The summed E-state index contributed by atoms with van der Waals surface area (Å²) in [6.45, 7) is 0. The van der Waals surface area contributed by atoms with E-state index in [0.29, 0.717) is 11.8 Å². The summed E-state index contributed by atoms with van der Waals surface area (Å²) < 4.78 is 30.4. The number of hydrogen-bond acceptors (Lipinski definition) is 5. The van der Waals surface area contributed by atoms with Crippen molar-refractivity contribution < 1.29 is 17.6 Å². The summed E-state index contributed by atoms with van der Waals surface area (Å²) in [5.41, 5.74) is 6.11. The van der Waals surface area contributed by atoms with Crippen molar-refractivity contribution in [3.8, 4) is 0 Å². The number of carbonyl (C=O) groups is 1. The Kier molecular flexibility index (Phi) is 6.19. The van der Waals surface area contributed by atoms with Gasteiger partial charge in [0, 0.05) is 26.2 Å². The van der Waals surface area contributed by atoms with Crippen LogP contribution in [0.15, 0.2) is 21.6 Å². The summed E-state index contributed by atoms with van der Waals surface area (Å²) in [5.74, 6) is 0.476. The van der Waals surface area contributed by atoms with E-state index in [4.69, 9.17) is 10.2 Å². The van der Waals surface area contributed by atoms with E-state index in [9.17, 15) is 13.2 Å². The number of hydrogen-bond donors (Lipinski definition) is 2. The van der Waals surface area contributed by atoms with Crippen molar-refractivity contribution in [3.63, 3.8) is 0 Å². The van der Waals surface area contributed by atoms with E-state index in [-0.39, 0.29) is 41.3 Å². The second kappa shape index (κ2) is 7.65. The molecule has 7 nitrogen and oxygen atoms in total. The topological polar surface area (TPSA) is 106 Å². The number of halogens is 1. The lowest BCUT2D eigenvalue weighted by Gasteiger charge is -2.45. The van der Waals surface area contributed by atoms with Gasteiger partial charge in [0.2, 0.25) is 5.09 Å². The summed E-state index contributed by atoms with van der Waals surface area (Å²) in [5, 5.41) is 2.84. The van der Waals surface area contributed by atoms with Crippen LogP contribution in [0.5, 0.6) is 0 Å². The Balaban J connectivity index is 0.00000225. The predicted octanol–water partition coefficient (Wildman–Crippen LogP) is 1.59. The van der Waals surface area contributed by atoms with Crippen LogP contribution in [0.25, 0.3) is 0 Å². The maximum atomic E-state index is 12.5. The fraction of sp³-hybridized carbons (Fsp3) is 0.688. The summed E-state index contributed by atoms with van der Waals surface area (Å²) in [7, 11) is -0.833. The molecule has 1 amide bonds. The smallest absolute Gasteiger partial charge is 0.287 e. The molecule has 2 bridgehead atoms. The maximum Gasteiger partial charge on any atom is 0.287 e. The quantitative estimate of drug-likeness (QED) is 0.810. The molecule has 2 aliphatic rings. The molecule has 2 atom stereocenters. The molecule has 0 spiro atoms. The van der Waals surface area contributed by atoms with E-state index in [1.165, 1.54) is 32.6 Å². The Morgan fingerprint density at radius 3 is 2.40 bits per heavy atom. The normalized spacial score (nSPS) is 29.1. The first-order valence-electron chi connectivity index (χ1n) is 8.38. The number of amides is 1. The molecule has 25 heavy (non-hydrogen) atoms. The molecular formula is C16H26ClN3O4S. The Labute approximate surface area is 154 Å². The fourth-order valence-corrected chi connectivity index (χ4v) is 4.80. The lowest BCUT2D eigenvalue weighted by Crippen LogP contribution is -2.53. The van der Waals surface area contributed by atoms with E-state index in [0.717, 1.165) is 30.0 Å². The highest BCUT2D eigenvalue weighted by Crippen LogP contribution is 2.39. The van der Waals surface area contributed by atoms with Crippen LogP contribution in [0.2, 0.25) is 0 Å². The molecule has 1 aromatic rings. The molecule has 2 saturated carbocycles. The van der Waals surface area contributed by atoms with Crippen molar-refractivity contribution in [3.05, 3.63) is 17.9 Å². The first-order valence-corrected chi connectivity index (χ1v) is 9.82. The third-order valence-electron chi connectivity index (χ3n) is 5.21. The lowest BCUT2D eigenvalue weighted by molar-refractivity contribution is 0.0728. The zero-order valence-corrected chi connectivity index (χ0v) is 16.1. The van der Waals surface area contributed by atoms with Gasteiger partial charge in [0.05, 0.1) is 0 Å². The van der Waals surface area contributed by atoms with E-state index in [1.54, 1.807) is 0 Å². The molecule has 1 aromatic heterocycles. The number of furan rings is 1. The van der Waals surface area contributed by atoms with Gasteiger partial charge in [-0.15, -0.1) is 12.4 Å². The van der Waals surface area contributed by atoms with E-state index >= 15 is 0 Å². The van der Waals surface area contributed by atoms with Gasteiger partial charge in [-0.05, 0) is 49.7 Å². The number of nitrogens with two attached hydrogens (primary N) is 1. The molecule has 0 saturated heterocycles. The van der Waals surface area contributed by atoms with Gasteiger partial charge >= 0.3 is 0 Å². The van der Waals surface area contributed by atoms with Crippen LogP contribution in [0.4, 0.5) is 0 Å². The van der Waals surface area contributed by atoms with Gasteiger partial charge in [0.1, 0.15) is 0 Å². The monoisotopic (exact) mass is 391 g/mol. The molecular weight excluding hydrogens is 366 g/mol. The maximum absolute atomic E-state index is 12.5. The third kappa shape index (κ3) is 4.02. The van der Waals surface area contributed by atoms with Gasteiger partial charge < -0.3 is 15.5 Å². The van der Waals surface area contributed by atoms with Gasteiger partial charge in [-0.2, -0.15) is 0 Å². The van der Waals surface area contributed by atoms with Crippen LogP contribution in [-0.4, -0.2) is 44.8 Å². The van der Waals surface area contributed by atoms with Crippen molar-refractivity contribution in [2.75, 3.05) is 14.1 Å². The van der Waals surface area contributed by atoms with Crippen LogP contribution in [0, 0.1) is 11.8 Å². The van der Waals surface area contributed by atoms with Crippen molar-refractivity contribution in [1.29, 1.82) is 0 Å². The Morgan fingerprint density at radius 2 is 1.84 bits per heavy atom. The van der Waals surface area contributed by atoms with Crippen LogP contribution in [0.3, 0.4) is 0 Å². The zero-order valence-electron chi connectivity index (χ0n) is 14.5. The molecule has 2 unspecified atom stereocenters. The highest BCUT2D eigenvalue weighted by atomic mass is 35.5. The average molecular weight is 392 g/mol. The Morgan fingerprint density at radius 1 is 1.24 bits per heavy atom. The van der Waals surface area contributed by atoms with Crippen molar-refractivity contribution >= 4 is 28.3 Å². The highest BCUT2D eigenvalue weighted by molar-refractivity contribution is 7.88. The molecule has 0 aromatic carbocycles. The minimum atomic E-state index is -3.67. The Bertz CT molecular complexity index is 705. The Hall–Kier alpha value is -1.09. The van der Waals surface area contributed by atoms with Gasteiger partial charge in [-0.1, -0.05) is 6.42 Å². The average Bonchev–Trinajstić information content (AvgIpc) is 2.98. The fourth-order valence-electron chi connectivity index (χ4n) is 4.01. The summed E-state index contributed by atoms with van der Waals surface area (Å²) >= 11 is 0. The molecule has 0 radical (unpaired) electrons. The molecule has 0 aliphatic heterocycles. The van der Waals surface area contributed by atoms with Gasteiger partial charge in [-0.3, -0.25) is 4.79 Å². The number of sulfonamides is 1. The van der Waals surface area contributed by atoms with Crippen LogP contribution in [0.1, 0.15) is 42.7 Å². The van der Waals surface area contributed by atoms with Crippen LogP contribution >= 0.6 is 12.4 Å². The van der Waals surface area contributed by atoms with Crippen molar-refractivity contribution in [2.45, 2.75) is 49.3 Å². The second-order valence-corrected chi connectivity index (χ2v) is 9.17. The van der Waals surface area contributed by atoms with E-state index < -0.39 is 10.0 Å². The first-order chi connectivity index (χ1) is 11.3. The summed E-state index contributed by atoms with van der Waals surface area (Å²) in [6, 6.07) is 3.05. The number of fused-ring (bicyclic) bond motifs is 2. The van der Waals surface area contributed by atoms with Crippen LogP contribution < -0.4 is 11.1 Å². The SMILES string of the molecule is CN(C)S(=O)(=O)c1ccc(C(=O)NC2C3CCCC2CC(N)C3)o1.Cl. The standard InChI is InChI=1S/C16H25N3O4S.ClH/c1-19(2)24(21,22)14-7-6-13(23-14)16(20)18-15-10-4-3-5-11(15)9-12(17)8-10;/h6-7,10-12,15H,3-5,8-9,17H2,1-2H3,(H,18,20);1H. The zero-order chi connectivity index (χ0) is 17.5. The summed E-state index contributed by atoms with van der Waals surface area (Å²) in [6.07, 6.45) is 5.20. The number of nitrogens with zero attached hydrogens (tertiary/aromatic N) is 1. The highest BCUT2D eigenvalue weighted by Gasteiger charge is 2.40. The molecule has 2 fully saturated rings. The van der Waals surface area contributed by atoms with Crippen molar-refractivity contribution in [1.82, 2.24) is 9.62 Å². The number of nitrogens with one attached hydrogen (secondary N) is 1. The summed E-state index contributed by atoms with van der Waals surface area (Å²) in [4.78, 5) is 12.5. The molecule has 1 heterocycles. The minimum absolute atomic E-state index is 0. The van der Waals surface area contributed by atoms with E-state index in [1.807, 2.05) is 0 Å². The lowest BCUT2D eigenvalue weighted by atomic mass is 9.67. The largest absolute Gasteiger partial charge is 0.438 e. The van der Waals surface area contributed by atoms with Gasteiger partial charge in [0.25, 0.3) is 15.9 Å². The van der Waals surface area contributed by atoms with Crippen LogP contribution in [-0.2, 0) is 10.0 Å². The minimum Gasteiger partial charge on any atom is -0.438 e. The molecule has 3 rings (SSSR count). The van der Waals surface area contributed by atoms with Gasteiger partial charge in [-0.25, -0.2) is 12.7 Å². The van der Waals surface area contributed by atoms with Gasteiger partial charge in [0.15, 0.2) is 5.76 Å². The second-order valence-electron chi connectivity index (χ2n) is 7.09. The van der Waals surface area contributed by atoms with E-state index in [2.05, 4.69) is 5.32 Å². The molecule has 3 N–H and O–H groups in total.